The highest BCUT2D eigenvalue weighted by Gasteiger charge is 2.15. The fourth-order valence-corrected chi connectivity index (χ4v) is 3.56. The van der Waals surface area contributed by atoms with E-state index in [0.717, 1.165) is 18.2 Å². The summed E-state index contributed by atoms with van der Waals surface area (Å²) in [5.41, 5.74) is 1.14. The molecule has 0 saturated heterocycles. The average Bonchev–Trinajstić information content (AvgIpc) is 2.68. The fraction of sp³-hybridized carbons (Fsp3) is 0.500. The number of rotatable bonds is 6. The highest BCUT2D eigenvalue weighted by Crippen LogP contribution is 2.31. The Morgan fingerprint density at radius 3 is 2.52 bits per heavy atom. The van der Waals surface area contributed by atoms with Gasteiger partial charge in [0.2, 0.25) is 0 Å². The standard InChI is InChI=1S/C20H27N3O4/c1-26-17-11-14-10-13(19(24)23-16(14)12-18(17)27-2)8-9-21-20(25)22-15-6-4-3-5-7-15/h10-12,15H,3-9H2,1-2H3,(H,23,24)(H2,21,22,25). The zero-order valence-electron chi connectivity index (χ0n) is 15.9. The molecule has 7 nitrogen and oxygen atoms in total. The zero-order valence-corrected chi connectivity index (χ0v) is 15.9. The van der Waals surface area contributed by atoms with Crippen LogP contribution < -0.4 is 25.7 Å². The largest absolute Gasteiger partial charge is 0.493 e. The number of hydrogen-bond acceptors (Lipinski definition) is 4. The van der Waals surface area contributed by atoms with Gasteiger partial charge in [0.1, 0.15) is 0 Å². The van der Waals surface area contributed by atoms with Crippen LogP contribution in [-0.2, 0) is 6.42 Å². The van der Waals surface area contributed by atoms with Crippen LogP contribution >= 0.6 is 0 Å². The number of aromatic nitrogens is 1. The Kier molecular flexibility index (Phi) is 6.21. The van der Waals surface area contributed by atoms with E-state index in [1.807, 2.05) is 12.1 Å². The van der Waals surface area contributed by atoms with Gasteiger partial charge in [0.05, 0.1) is 19.7 Å². The number of hydrogen-bond donors (Lipinski definition) is 3. The number of pyridine rings is 1. The number of urea groups is 1. The molecule has 146 valence electrons. The molecule has 1 fully saturated rings. The molecule has 2 amide bonds. The third kappa shape index (κ3) is 4.72. The molecule has 0 atom stereocenters. The van der Waals surface area contributed by atoms with E-state index in [1.54, 1.807) is 20.3 Å². The Hall–Kier alpha value is -2.70. The number of amides is 2. The minimum Gasteiger partial charge on any atom is -0.493 e. The first-order valence-corrected chi connectivity index (χ1v) is 9.43. The minimum atomic E-state index is -0.163. The second-order valence-electron chi connectivity index (χ2n) is 6.90. The summed E-state index contributed by atoms with van der Waals surface area (Å²) in [6, 6.07) is 5.51. The Morgan fingerprint density at radius 2 is 1.81 bits per heavy atom. The maximum Gasteiger partial charge on any atom is 0.315 e. The van der Waals surface area contributed by atoms with Gasteiger partial charge in [-0.05, 0) is 31.4 Å². The molecular formula is C20H27N3O4. The van der Waals surface area contributed by atoms with Crippen molar-refractivity contribution in [3.05, 3.63) is 34.1 Å². The summed E-state index contributed by atoms with van der Waals surface area (Å²) < 4.78 is 10.6. The fourth-order valence-electron chi connectivity index (χ4n) is 3.56. The summed E-state index contributed by atoms with van der Waals surface area (Å²) in [7, 11) is 3.13. The van der Waals surface area contributed by atoms with Gasteiger partial charge in [-0.15, -0.1) is 0 Å². The van der Waals surface area contributed by atoms with E-state index in [0.29, 0.717) is 35.5 Å². The monoisotopic (exact) mass is 373 g/mol. The van der Waals surface area contributed by atoms with Crippen molar-refractivity contribution in [2.24, 2.45) is 0 Å². The maximum atomic E-state index is 12.3. The number of carbonyl (C=O) groups excluding carboxylic acids is 1. The summed E-state index contributed by atoms with van der Waals surface area (Å²) in [6.07, 6.45) is 6.14. The van der Waals surface area contributed by atoms with Crippen LogP contribution in [0.4, 0.5) is 4.79 Å². The molecule has 1 saturated carbocycles. The van der Waals surface area contributed by atoms with E-state index in [1.165, 1.54) is 19.3 Å². The molecule has 0 unspecified atom stereocenters. The normalized spacial score (nSPS) is 14.7. The molecule has 1 aromatic carbocycles. The third-order valence-electron chi connectivity index (χ3n) is 5.05. The number of nitrogens with one attached hydrogen (secondary N) is 3. The van der Waals surface area contributed by atoms with Crippen molar-refractivity contribution >= 4 is 16.9 Å². The van der Waals surface area contributed by atoms with Gasteiger partial charge < -0.3 is 25.1 Å². The van der Waals surface area contributed by atoms with E-state index in [-0.39, 0.29) is 17.6 Å². The van der Waals surface area contributed by atoms with Gasteiger partial charge in [-0.3, -0.25) is 4.79 Å². The number of fused-ring (bicyclic) bond motifs is 1. The van der Waals surface area contributed by atoms with E-state index < -0.39 is 0 Å². The summed E-state index contributed by atoms with van der Waals surface area (Å²) >= 11 is 0. The Bertz CT molecular complexity index is 856. The number of ether oxygens (including phenoxy) is 2. The molecule has 3 rings (SSSR count). The molecule has 2 aromatic rings. The topological polar surface area (TPSA) is 92.5 Å². The second kappa shape index (κ2) is 8.79. The van der Waals surface area contributed by atoms with E-state index in [2.05, 4.69) is 15.6 Å². The van der Waals surface area contributed by atoms with E-state index in [4.69, 9.17) is 9.47 Å². The van der Waals surface area contributed by atoms with Gasteiger partial charge in [0.25, 0.3) is 5.56 Å². The average molecular weight is 373 g/mol. The predicted molar refractivity (Wildman–Crippen MR) is 105 cm³/mol. The summed E-state index contributed by atoms with van der Waals surface area (Å²) in [6.45, 7) is 0.403. The van der Waals surface area contributed by atoms with Crippen LogP contribution in [0.2, 0.25) is 0 Å². The molecule has 7 heteroatoms. The molecule has 3 N–H and O–H groups in total. The molecule has 1 aliphatic rings. The highest BCUT2D eigenvalue weighted by molar-refractivity contribution is 5.83. The molecule has 1 heterocycles. The van der Waals surface area contributed by atoms with Crippen LogP contribution in [0.1, 0.15) is 37.7 Å². The quantitative estimate of drug-likeness (QED) is 0.726. The lowest BCUT2D eigenvalue weighted by molar-refractivity contribution is 0.233. The number of methoxy groups -OCH3 is 2. The van der Waals surface area contributed by atoms with Crippen molar-refractivity contribution in [2.45, 2.75) is 44.6 Å². The van der Waals surface area contributed by atoms with Crippen molar-refractivity contribution in [2.75, 3.05) is 20.8 Å². The molecular weight excluding hydrogens is 346 g/mol. The van der Waals surface area contributed by atoms with Gasteiger partial charge in [0, 0.05) is 29.6 Å². The molecule has 0 radical (unpaired) electrons. The SMILES string of the molecule is COc1cc2cc(CCNC(=O)NC3CCCCC3)c(=O)[nH]c2cc1OC. The lowest BCUT2D eigenvalue weighted by atomic mass is 9.96. The maximum absolute atomic E-state index is 12.3. The van der Waals surface area contributed by atoms with Crippen LogP contribution in [0, 0.1) is 0 Å². The summed E-state index contributed by atoms with van der Waals surface area (Å²) in [5.74, 6) is 1.17. The van der Waals surface area contributed by atoms with Crippen LogP contribution in [-0.4, -0.2) is 37.8 Å². The van der Waals surface area contributed by atoms with Crippen LogP contribution in [0.25, 0.3) is 10.9 Å². The first-order chi connectivity index (χ1) is 13.1. The van der Waals surface area contributed by atoms with Crippen LogP contribution in [0.5, 0.6) is 11.5 Å². The predicted octanol–water partition coefficient (Wildman–Crippen LogP) is 2.72. The van der Waals surface area contributed by atoms with Crippen molar-refractivity contribution in [1.29, 1.82) is 0 Å². The number of H-pyrrole nitrogens is 1. The first kappa shape index (κ1) is 19.1. The van der Waals surface area contributed by atoms with Gasteiger partial charge in [-0.1, -0.05) is 19.3 Å². The highest BCUT2D eigenvalue weighted by atomic mass is 16.5. The molecule has 1 aromatic heterocycles. The van der Waals surface area contributed by atoms with Gasteiger partial charge in [0.15, 0.2) is 11.5 Å². The lowest BCUT2D eigenvalue weighted by Crippen LogP contribution is -2.43. The van der Waals surface area contributed by atoms with Gasteiger partial charge >= 0.3 is 6.03 Å². The van der Waals surface area contributed by atoms with E-state index >= 15 is 0 Å². The van der Waals surface area contributed by atoms with Crippen molar-refractivity contribution in [3.8, 4) is 11.5 Å². The molecule has 0 aliphatic heterocycles. The summed E-state index contributed by atoms with van der Waals surface area (Å²) in [5, 5.41) is 6.71. The summed E-state index contributed by atoms with van der Waals surface area (Å²) in [4.78, 5) is 27.2. The smallest absolute Gasteiger partial charge is 0.315 e. The van der Waals surface area contributed by atoms with Gasteiger partial charge in [-0.25, -0.2) is 4.79 Å². The van der Waals surface area contributed by atoms with E-state index in [9.17, 15) is 9.59 Å². The van der Waals surface area contributed by atoms with Crippen LogP contribution in [0.15, 0.2) is 23.0 Å². The Balaban J connectivity index is 1.63. The van der Waals surface area contributed by atoms with Crippen molar-refractivity contribution < 1.29 is 14.3 Å². The Labute approximate surface area is 158 Å². The zero-order chi connectivity index (χ0) is 19.2. The molecule has 1 aliphatic carbocycles. The van der Waals surface area contributed by atoms with Crippen molar-refractivity contribution in [1.82, 2.24) is 15.6 Å². The minimum absolute atomic E-state index is 0.162. The van der Waals surface area contributed by atoms with Crippen molar-refractivity contribution in [3.63, 3.8) is 0 Å². The van der Waals surface area contributed by atoms with Gasteiger partial charge in [-0.2, -0.15) is 0 Å². The molecule has 27 heavy (non-hydrogen) atoms. The number of aromatic amines is 1. The Morgan fingerprint density at radius 1 is 1.11 bits per heavy atom. The number of benzene rings is 1. The third-order valence-corrected chi connectivity index (χ3v) is 5.05. The lowest BCUT2D eigenvalue weighted by Gasteiger charge is -2.22. The second-order valence-corrected chi connectivity index (χ2v) is 6.90. The number of carbonyl (C=O) groups is 1. The molecule has 0 bridgehead atoms. The molecule has 0 spiro atoms. The first-order valence-electron chi connectivity index (χ1n) is 9.43. The van der Waals surface area contributed by atoms with Crippen LogP contribution in [0.3, 0.4) is 0 Å².